The van der Waals surface area contributed by atoms with Crippen LogP contribution in [0.3, 0.4) is 0 Å². The van der Waals surface area contributed by atoms with Crippen molar-refractivity contribution < 1.29 is 23.5 Å². The van der Waals surface area contributed by atoms with Crippen molar-refractivity contribution in [3.05, 3.63) is 75.2 Å². The minimum atomic E-state index is -0.841. The van der Waals surface area contributed by atoms with Gasteiger partial charge in [-0.3, -0.25) is 9.59 Å². The Morgan fingerprint density at radius 1 is 1.26 bits per heavy atom. The highest BCUT2D eigenvalue weighted by Crippen LogP contribution is 2.41. The van der Waals surface area contributed by atoms with E-state index in [1.807, 2.05) is 0 Å². The average Bonchev–Trinajstić information content (AvgIpc) is 3.40. The number of rotatable bonds is 5. The lowest BCUT2D eigenvalue weighted by Crippen LogP contribution is -2.30. The van der Waals surface area contributed by atoms with Gasteiger partial charge in [-0.1, -0.05) is 0 Å². The predicted molar refractivity (Wildman–Crippen MR) is 96.3 cm³/mol. The number of hydrogen-bond donors (Lipinski definition) is 1. The van der Waals surface area contributed by atoms with E-state index in [-0.39, 0.29) is 12.1 Å². The van der Waals surface area contributed by atoms with Crippen LogP contribution in [-0.2, 0) is 11.3 Å². The SMILES string of the molecule is Cc1nc(C)c(C(=O)C2=C(O)C(=O)N(Cc3ccco3)C2c2ccco2)s1. The Hall–Kier alpha value is -3.13. The zero-order chi connectivity index (χ0) is 19.1. The maximum atomic E-state index is 13.2. The number of ketones is 1. The van der Waals surface area contributed by atoms with Crippen LogP contribution in [0.4, 0.5) is 0 Å². The van der Waals surface area contributed by atoms with Crippen LogP contribution in [0.5, 0.6) is 0 Å². The van der Waals surface area contributed by atoms with Crippen LogP contribution in [0.2, 0.25) is 0 Å². The molecule has 0 fully saturated rings. The number of aryl methyl sites for hydroxylation is 2. The van der Waals surface area contributed by atoms with Gasteiger partial charge in [0.05, 0.1) is 40.2 Å². The van der Waals surface area contributed by atoms with E-state index in [0.717, 1.165) is 5.01 Å². The molecule has 1 aliphatic rings. The zero-order valence-electron chi connectivity index (χ0n) is 14.6. The molecule has 8 heteroatoms. The number of amides is 1. The summed E-state index contributed by atoms with van der Waals surface area (Å²) in [6.07, 6.45) is 2.96. The van der Waals surface area contributed by atoms with Gasteiger partial charge in [-0.15, -0.1) is 11.3 Å². The molecule has 0 saturated carbocycles. The van der Waals surface area contributed by atoms with E-state index >= 15 is 0 Å². The summed E-state index contributed by atoms with van der Waals surface area (Å²) in [6.45, 7) is 3.63. The fraction of sp³-hybridized carbons (Fsp3) is 0.211. The summed E-state index contributed by atoms with van der Waals surface area (Å²) in [5.74, 6) is -0.715. The second kappa shape index (κ2) is 6.55. The number of thiazole rings is 1. The van der Waals surface area contributed by atoms with Gasteiger partial charge in [-0.25, -0.2) is 4.98 Å². The lowest BCUT2D eigenvalue weighted by Gasteiger charge is -2.23. The van der Waals surface area contributed by atoms with Crippen LogP contribution in [0.25, 0.3) is 0 Å². The van der Waals surface area contributed by atoms with E-state index < -0.39 is 23.5 Å². The summed E-state index contributed by atoms with van der Waals surface area (Å²) in [5, 5.41) is 11.3. The number of aliphatic hydroxyl groups is 1. The minimum Gasteiger partial charge on any atom is -0.503 e. The number of Topliss-reactive ketones (excluding diaryl/α,β-unsaturated/α-hetero) is 1. The van der Waals surface area contributed by atoms with Crippen molar-refractivity contribution in [2.24, 2.45) is 0 Å². The molecule has 1 N–H and O–H groups in total. The Labute approximate surface area is 158 Å². The summed E-state index contributed by atoms with van der Waals surface area (Å²) < 4.78 is 10.8. The van der Waals surface area contributed by atoms with E-state index in [9.17, 15) is 14.7 Å². The van der Waals surface area contributed by atoms with Crippen molar-refractivity contribution in [3.8, 4) is 0 Å². The molecule has 3 aromatic rings. The summed E-state index contributed by atoms with van der Waals surface area (Å²) >= 11 is 1.23. The molecule has 0 aromatic carbocycles. The molecule has 3 aromatic heterocycles. The molecule has 1 unspecified atom stereocenters. The highest BCUT2D eigenvalue weighted by molar-refractivity contribution is 7.14. The number of aromatic nitrogens is 1. The summed E-state index contributed by atoms with van der Waals surface area (Å²) in [4.78, 5) is 32.0. The third-order valence-electron chi connectivity index (χ3n) is 4.38. The van der Waals surface area contributed by atoms with Crippen molar-refractivity contribution >= 4 is 23.0 Å². The van der Waals surface area contributed by atoms with Gasteiger partial charge in [-0.05, 0) is 38.1 Å². The predicted octanol–water partition coefficient (Wildman–Crippen LogP) is 3.72. The van der Waals surface area contributed by atoms with Gasteiger partial charge in [0, 0.05) is 0 Å². The average molecular weight is 384 g/mol. The van der Waals surface area contributed by atoms with Gasteiger partial charge in [-0.2, -0.15) is 0 Å². The van der Waals surface area contributed by atoms with E-state index in [1.165, 1.54) is 28.8 Å². The highest BCUT2D eigenvalue weighted by atomic mass is 32.1. The standard InChI is InChI=1S/C19H16N2O5S/c1-10-18(27-11(2)20-10)16(22)14-15(13-6-4-8-26-13)21(19(24)17(14)23)9-12-5-3-7-25-12/h3-8,15,23H,9H2,1-2H3. The largest absolute Gasteiger partial charge is 0.503 e. The molecule has 0 saturated heterocycles. The van der Waals surface area contributed by atoms with Crippen LogP contribution in [-0.4, -0.2) is 26.7 Å². The monoisotopic (exact) mass is 384 g/mol. The molecule has 1 aliphatic heterocycles. The summed E-state index contributed by atoms with van der Waals surface area (Å²) in [6, 6.07) is 5.93. The number of carbonyl (C=O) groups excluding carboxylic acids is 2. The van der Waals surface area contributed by atoms with Crippen LogP contribution >= 0.6 is 11.3 Å². The lowest BCUT2D eigenvalue weighted by atomic mass is 9.99. The Bertz CT molecular complexity index is 1030. The van der Waals surface area contributed by atoms with Crippen LogP contribution < -0.4 is 0 Å². The molecular weight excluding hydrogens is 368 g/mol. The Morgan fingerprint density at radius 3 is 2.59 bits per heavy atom. The first-order valence-corrected chi connectivity index (χ1v) is 9.07. The summed E-state index contributed by atoms with van der Waals surface area (Å²) in [5.41, 5.74) is 0.561. The first-order chi connectivity index (χ1) is 13.0. The van der Waals surface area contributed by atoms with Crippen LogP contribution in [0.15, 0.2) is 57.0 Å². The molecular formula is C19H16N2O5S. The molecule has 0 spiro atoms. The van der Waals surface area contributed by atoms with E-state index in [2.05, 4.69) is 4.98 Å². The number of carbonyl (C=O) groups is 2. The molecule has 0 aliphatic carbocycles. The van der Waals surface area contributed by atoms with Gasteiger partial charge in [0.2, 0.25) is 5.78 Å². The fourth-order valence-corrected chi connectivity index (χ4v) is 4.10. The second-order valence-corrected chi connectivity index (χ2v) is 7.37. The van der Waals surface area contributed by atoms with Crippen LogP contribution in [0, 0.1) is 13.8 Å². The molecule has 1 atom stereocenters. The van der Waals surface area contributed by atoms with Crippen molar-refractivity contribution in [1.82, 2.24) is 9.88 Å². The topological polar surface area (TPSA) is 96.8 Å². The normalized spacial score (nSPS) is 17.2. The van der Waals surface area contributed by atoms with Crippen LogP contribution in [0.1, 0.15) is 37.9 Å². The smallest absolute Gasteiger partial charge is 0.290 e. The quantitative estimate of drug-likeness (QED) is 0.674. The molecule has 0 bridgehead atoms. The number of nitrogens with zero attached hydrogens (tertiary/aromatic N) is 2. The van der Waals surface area contributed by atoms with Crippen molar-refractivity contribution in [2.45, 2.75) is 26.4 Å². The van der Waals surface area contributed by atoms with E-state index in [4.69, 9.17) is 8.83 Å². The van der Waals surface area contributed by atoms with Crippen molar-refractivity contribution in [1.29, 1.82) is 0 Å². The Balaban J connectivity index is 1.79. The molecule has 7 nitrogen and oxygen atoms in total. The number of aliphatic hydroxyl groups excluding tert-OH is 1. The van der Waals surface area contributed by atoms with E-state index in [1.54, 1.807) is 38.1 Å². The zero-order valence-corrected chi connectivity index (χ0v) is 15.4. The minimum absolute atomic E-state index is 0.00624. The second-order valence-electron chi connectivity index (χ2n) is 6.17. The van der Waals surface area contributed by atoms with Gasteiger partial charge >= 0.3 is 0 Å². The number of furan rings is 2. The molecule has 138 valence electrons. The first-order valence-electron chi connectivity index (χ1n) is 8.26. The Morgan fingerprint density at radius 2 is 2.00 bits per heavy atom. The first kappa shape index (κ1) is 17.3. The number of hydrogen-bond acceptors (Lipinski definition) is 7. The summed E-state index contributed by atoms with van der Waals surface area (Å²) in [7, 11) is 0. The van der Waals surface area contributed by atoms with Crippen molar-refractivity contribution in [3.63, 3.8) is 0 Å². The van der Waals surface area contributed by atoms with Crippen molar-refractivity contribution in [2.75, 3.05) is 0 Å². The van der Waals surface area contributed by atoms with E-state index in [0.29, 0.717) is 22.1 Å². The fourth-order valence-electron chi connectivity index (χ4n) is 3.23. The Kier molecular flexibility index (Phi) is 4.19. The third kappa shape index (κ3) is 2.87. The van der Waals surface area contributed by atoms with Gasteiger partial charge in [0.1, 0.15) is 17.6 Å². The molecule has 0 radical (unpaired) electrons. The molecule has 4 rings (SSSR count). The van der Waals surface area contributed by atoms with Gasteiger partial charge < -0.3 is 18.8 Å². The molecule has 1 amide bonds. The van der Waals surface area contributed by atoms with Gasteiger partial charge in [0.15, 0.2) is 5.76 Å². The molecule has 27 heavy (non-hydrogen) atoms. The molecule has 4 heterocycles. The van der Waals surface area contributed by atoms with Gasteiger partial charge in [0.25, 0.3) is 5.91 Å². The maximum absolute atomic E-state index is 13.2. The highest BCUT2D eigenvalue weighted by Gasteiger charge is 2.46. The maximum Gasteiger partial charge on any atom is 0.290 e. The lowest BCUT2D eigenvalue weighted by molar-refractivity contribution is -0.130. The third-order valence-corrected chi connectivity index (χ3v) is 5.45.